The van der Waals surface area contributed by atoms with Crippen LogP contribution >= 0.6 is 0 Å². The number of carbonyl (C=O) groups excluding carboxylic acids is 2. The molecule has 2 N–H and O–H groups in total. The van der Waals surface area contributed by atoms with Crippen molar-refractivity contribution in [2.75, 3.05) is 0 Å². The standard InChI is InChI=1S/C25H20N4O2/c30-23(17-16-19-10-4-1-5-11-19)26-27-25(31)22-18-29(21-14-8-3-9-15-21)28-24(22)20-12-6-2-7-13-20/h1-18H,(H,26,30)(H,27,31)/b17-16+. The van der Waals surface area contributed by atoms with Gasteiger partial charge in [-0.2, -0.15) is 5.10 Å². The van der Waals surface area contributed by atoms with E-state index in [1.807, 2.05) is 91.0 Å². The molecule has 0 spiro atoms. The molecule has 0 bridgehead atoms. The average Bonchev–Trinajstić information content (AvgIpc) is 3.29. The molecule has 2 amide bonds. The molecule has 0 aliphatic heterocycles. The van der Waals surface area contributed by atoms with Crippen molar-refractivity contribution in [3.63, 3.8) is 0 Å². The molecule has 0 saturated heterocycles. The summed E-state index contributed by atoms with van der Waals surface area (Å²) in [7, 11) is 0. The van der Waals surface area contributed by atoms with E-state index in [4.69, 9.17) is 0 Å². The fourth-order valence-corrected chi connectivity index (χ4v) is 3.03. The Labute approximate surface area is 179 Å². The molecule has 6 heteroatoms. The Morgan fingerprint density at radius 1 is 0.774 bits per heavy atom. The number of hydrogen-bond donors (Lipinski definition) is 2. The first-order chi connectivity index (χ1) is 15.2. The number of carbonyl (C=O) groups is 2. The highest BCUT2D eigenvalue weighted by Gasteiger charge is 2.18. The zero-order valence-electron chi connectivity index (χ0n) is 16.6. The smallest absolute Gasteiger partial charge is 0.268 e. The fourth-order valence-electron chi connectivity index (χ4n) is 3.03. The van der Waals surface area contributed by atoms with E-state index in [1.54, 1.807) is 17.0 Å². The molecular formula is C25H20N4O2. The number of nitrogens with one attached hydrogen (secondary N) is 2. The minimum Gasteiger partial charge on any atom is -0.268 e. The second-order valence-electron chi connectivity index (χ2n) is 6.72. The molecule has 0 saturated carbocycles. The fraction of sp³-hybridized carbons (Fsp3) is 0. The van der Waals surface area contributed by atoms with Gasteiger partial charge in [-0.15, -0.1) is 0 Å². The third-order valence-corrected chi connectivity index (χ3v) is 4.55. The van der Waals surface area contributed by atoms with Crippen LogP contribution in [0, 0.1) is 0 Å². The van der Waals surface area contributed by atoms with E-state index >= 15 is 0 Å². The number of aromatic nitrogens is 2. The summed E-state index contributed by atoms with van der Waals surface area (Å²) in [6, 6.07) is 28.4. The van der Waals surface area contributed by atoms with Crippen molar-refractivity contribution in [1.29, 1.82) is 0 Å². The molecule has 0 unspecified atom stereocenters. The number of hydrogen-bond acceptors (Lipinski definition) is 3. The molecule has 3 aromatic carbocycles. The summed E-state index contributed by atoms with van der Waals surface area (Å²) in [6.45, 7) is 0. The van der Waals surface area contributed by atoms with Gasteiger partial charge in [-0.1, -0.05) is 78.9 Å². The predicted octanol–water partition coefficient (Wildman–Crippen LogP) is 4.01. The molecule has 1 aromatic heterocycles. The molecule has 0 aliphatic rings. The van der Waals surface area contributed by atoms with Gasteiger partial charge >= 0.3 is 0 Å². The van der Waals surface area contributed by atoms with E-state index in [2.05, 4.69) is 16.0 Å². The summed E-state index contributed by atoms with van der Waals surface area (Å²) in [5.74, 6) is -0.892. The molecule has 6 nitrogen and oxygen atoms in total. The van der Waals surface area contributed by atoms with Gasteiger partial charge in [0.25, 0.3) is 11.8 Å². The Morgan fingerprint density at radius 3 is 2.06 bits per heavy atom. The molecule has 4 aromatic rings. The van der Waals surface area contributed by atoms with Crippen LogP contribution < -0.4 is 10.9 Å². The van der Waals surface area contributed by atoms with Crippen molar-refractivity contribution in [2.45, 2.75) is 0 Å². The molecule has 31 heavy (non-hydrogen) atoms. The van der Waals surface area contributed by atoms with Crippen LogP contribution in [0.1, 0.15) is 15.9 Å². The van der Waals surface area contributed by atoms with Crippen molar-refractivity contribution >= 4 is 17.9 Å². The Morgan fingerprint density at radius 2 is 1.39 bits per heavy atom. The van der Waals surface area contributed by atoms with Crippen molar-refractivity contribution in [1.82, 2.24) is 20.6 Å². The molecule has 152 valence electrons. The van der Waals surface area contributed by atoms with Crippen LogP contribution in [0.3, 0.4) is 0 Å². The summed E-state index contributed by atoms with van der Waals surface area (Å²) >= 11 is 0. The van der Waals surface area contributed by atoms with E-state index in [1.165, 1.54) is 6.08 Å². The number of para-hydroxylation sites is 1. The van der Waals surface area contributed by atoms with Crippen LogP contribution in [0.25, 0.3) is 23.0 Å². The molecule has 0 radical (unpaired) electrons. The van der Waals surface area contributed by atoms with Crippen molar-refractivity contribution in [2.24, 2.45) is 0 Å². The Kier molecular flexibility index (Phi) is 6.00. The van der Waals surface area contributed by atoms with E-state index in [0.29, 0.717) is 11.3 Å². The minimum atomic E-state index is -0.456. The highest BCUT2D eigenvalue weighted by Crippen LogP contribution is 2.23. The minimum absolute atomic E-state index is 0.349. The monoisotopic (exact) mass is 408 g/mol. The van der Waals surface area contributed by atoms with Crippen molar-refractivity contribution < 1.29 is 9.59 Å². The predicted molar refractivity (Wildman–Crippen MR) is 120 cm³/mol. The van der Waals surface area contributed by atoms with Crippen LogP contribution in [0.2, 0.25) is 0 Å². The molecule has 1 heterocycles. The average molecular weight is 408 g/mol. The van der Waals surface area contributed by atoms with Crippen LogP contribution in [-0.4, -0.2) is 21.6 Å². The summed E-state index contributed by atoms with van der Waals surface area (Å²) < 4.78 is 1.65. The topological polar surface area (TPSA) is 76.0 Å². The number of rotatable bonds is 5. The van der Waals surface area contributed by atoms with Crippen molar-refractivity contribution in [3.8, 4) is 16.9 Å². The summed E-state index contributed by atoms with van der Waals surface area (Å²) in [6.07, 6.45) is 4.68. The third-order valence-electron chi connectivity index (χ3n) is 4.55. The molecular weight excluding hydrogens is 388 g/mol. The quantitative estimate of drug-likeness (QED) is 0.387. The van der Waals surface area contributed by atoms with Gasteiger partial charge in [-0.3, -0.25) is 20.4 Å². The second kappa shape index (κ2) is 9.37. The van der Waals surface area contributed by atoms with Crippen molar-refractivity contribution in [3.05, 3.63) is 114 Å². The number of amides is 2. The van der Waals surface area contributed by atoms with Crippen LogP contribution in [0.5, 0.6) is 0 Å². The SMILES string of the molecule is O=C(/C=C/c1ccccc1)NNC(=O)c1cn(-c2ccccc2)nc1-c1ccccc1. The lowest BCUT2D eigenvalue weighted by Crippen LogP contribution is -2.40. The van der Waals surface area contributed by atoms with Gasteiger partial charge in [0.15, 0.2) is 0 Å². The highest BCUT2D eigenvalue weighted by molar-refractivity contribution is 6.01. The maximum absolute atomic E-state index is 12.9. The second-order valence-corrected chi connectivity index (χ2v) is 6.72. The normalized spacial score (nSPS) is 10.7. The lowest BCUT2D eigenvalue weighted by Gasteiger charge is -2.05. The molecule has 0 fully saturated rings. The Balaban J connectivity index is 1.53. The lowest BCUT2D eigenvalue weighted by atomic mass is 10.1. The largest absolute Gasteiger partial charge is 0.273 e. The summed E-state index contributed by atoms with van der Waals surface area (Å²) in [5, 5.41) is 4.60. The van der Waals surface area contributed by atoms with Gasteiger partial charge in [-0.25, -0.2) is 4.68 Å². The van der Waals surface area contributed by atoms with Crippen LogP contribution in [0.15, 0.2) is 103 Å². The molecule has 0 aliphatic carbocycles. The summed E-state index contributed by atoms with van der Waals surface area (Å²) in [5.41, 5.74) is 8.28. The highest BCUT2D eigenvalue weighted by atomic mass is 16.2. The van der Waals surface area contributed by atoms with Gasteiger partial charge < -0.3 is 0 Å². The first-order valence-electron chi connectivity index (χ1n) is 9.75. The zero-order valence-corrected chi connectivity index (χ0v) is 16.6. The van der Waals surface area contributed by atoms with Gasteiger partial charge in [0.2, 0.25) is 0 Å². The first-order valence-corrected chi connectivity index (χ1v) is 9.75. The molecule has 4 rings (SSSR count). The number of hydrazine groups is 1. The van der Waals surface area contributed by atoms with Gasteiger partial charge in [0, 0.05) is 17.8 Å². The van der Waals surface area contributed by atoms with E-state index in [-0.39, 0.29) is 0 Å². The van der Waals surface area contributed by atoms with Gasteiger partial charge in [0.1, 0.15) is 5.69 Å². The van der Waals surface area contributed by atoms with Gasteiger partial charge in [0.05, 0.1) is 11.3 Å². The van der Waals surface area contributed by atoms with Crippen LogP contribution in [-0.2, 0) is 4.79 Å². The van der Waals surface area contributed by atoms with E-state index < -0.39 is 11.8 Å². The molecule has 0 atom stereocenters. The lowest BCUT2D eigenvalue weighted by molar-refractivity contribution is -0.117. The first kappa shape index (κ1) is 19.8. The maximum atomic E-state index is 12.9. The van der Waals surface area contributed by atoms with E-state index in [9.17, 15) is 9.59 Å². The Bertz CT molecular complexity index is 1200. The number of nitrogens with zero attached hydrogens (tertiary/aromatic N) is 2. The van der Waals surface area contributed by atoms with E-state index in [0.717, 1.165) is 16.8 Å². The zero-order chi connectivity index (χ0) is 21.5. The summed E-state index contributed by atoms with van der Waals surface area (Å²) in [4.78, 5) is 25.0. The third kappa shape index (κ3) is 4.94. The Hall–Kier alpha value is -4.45. The number of benzene rings is 3. The van der Waals surface area contributed by atoms with Crippen LogP contribution in [0.4, 0.5) is 0 Å². The maximum Gasteiger partial charge on any atom is 0.273 e. The van der Waals surface area contributed by atoms with Gasteiger partial charge in [-0.05, 0) is 23.8 Å².